The Morgan fingerprint density at radius 2 is 2.31 bits per heavy atom. The van der Waals surface area contributed by atoms with Crippen LogP contribution in [0.15, 0.2) is 10.5 Å². The molecule has 1 atom stereocenters. The largest absolute Gasteiger partial charge is 0.465 e. The van der Waals surface area contributed by atoms with Crippen LogP contribution in [0.3, 0.4) is 0 Å². The molecule has 0 radical (unpaired) electrons. The lowest BCUT2D eigenvalue weighted by atomic mass is 10.2. The van der Waals surface area contributed by atoms with Crippen LogP contribution in [-0.2, 0) is 4.74 Å². The highest BCUT2D eigenvalue weighted by Crippen LogP contribution is 2.25. The summed E-state index contributed by atoms with van der Waals surface area (Å²) in [6.07, 6.45) is 0. The Morgan fingerprint density at radius 1 is 1.69 bits per heavy atom. The first-order valence-electron chi connectivity index (χ1n) is 3.89. The van der Waals surface area contributed by atoms with Gasteiger partial charge in [-0.25, -0.2) is 4.79 Å². The minimum atomic E-state index is -0.398. The number of hydrogen-bond donors (Lipinski definition) is 0. The molecule has 0 saturated heterocycles. The van der Waals surface area contributed by atoms with Crippen LogP contribution in [0.5, 0.6) is 0 Å². The highest BCUT2D eigenvalue weighted by atomic mass is 35.5. The first-order valence-corrected chi connectivity index (χ1v) is 4.32. The lowest BCUT2D eigenvalue weighted by Gasteiger charge is -1.93. The summed E-state index contributed by atoms with van der Waals surface area (Å²) in [6, 6.07) is 1.61. The van der Waals surface area contributed by atoms with Crippen molar-refractivity contribution in [3.05, 3.63) is 23.2 Å². The molecule has 4 heteroatoms. The number of ether oxygens (including phenoxy) is 1. The van der Waals surface area contributed by atoms with Gasteiger partial charge < -0.3 is 9.15 Å². The van der Waals surface area contributed by atoms with Crippen LogP contribution in [0.25, 0.3) is 0 Å². The molecule has 13 heavy (non-hydrogen) atoms. The fraction of sp³-hybridized carbons (Fsp3) is 0.444. The molecule has 72 valence electrons. The first kappa shape index (κ1) is 10.1. The van der Waals surface area contributed by atoms with E-state index in [-0.39, 0.29) is 5.38 Å². The van der Waals surface area contributed by atoms with Crippen molar-refractivity contribution in [1.82, 2.24) is 0 Å². The smallest absolute Gasteiger partial charge is 0.341 e. The molecule has 0 aliphatic carbocycles. The topological polar surface area (TPSA) is 39.4 Å². The number of alkyl halides is 1. The normalized spacial score (nSPS) is 12.6. The number of halogens is 1. The highest BCUT2D eigenvalue weighted by molar-refractivity contribution is 6.20. The second-order valence-electron chi connectivity index (χ2n) is 2.73. The van der Waals surface area contributed by atoms with E-state index < -0.39 is 5.97 Å². The van der Waals surface area contributed by atoms with Crippen molar-refractivity contribution in [1.29, 1.82) is 0 Å². The van der Waals surface area contributed by atoms with Crippen LogP contribution >= 0.6 is 11.6 Å². The van der Waals surface area contributed by atoms with Crippen molar-refractivity contribution >= 4 is 17.6 Å². The fourth-order valence-corrected chi connectivity index (χ4v) is 1.12. The van der Waals surface area contributed by atoms with E-state index in [1.807, 2.05) is 0 Å². The van der Waals surface area contributed by atoms with Gasteiger partial charge in [0.2, 0.25) is 0 Å². The number of carbonyl (C=O) groups is 1. The van der Waals surface area contributed by atoms with E-state index in [2.05, 4.69) is 4.74 Å². The Labute approximate surface area is 81.6 Å². The predicted octanol–water partition coefficient (Wildman–Crippen LogP) is 2.67. The SMILES string of the molecule is COC(=O)c1cc([C@H](C)Cl)oc1C. The van der Waals surface area contributed by atoms with Gasteiger partial charge in [-0.3, -0.25) is 0 Å². The Morgan fingerprint density at radius 3 is 2.69 bits per heavy atom. The maximum absolute atomic E-state index is 11.1. The maximum atomic E-state index is 11.1. The number of rotatable bonds is 2. The lowest BCUT2D eigenvalue weighted by Crippen LogP contribution is -2.00. The molecule has 0 aliphatic rings. The van der Waals surface area contributed by atoms with Crippen LogP contribution < -0.4 is 0 Å². The molecule has 0 spiro atoms. The summed E-state index contributed by atoms with van der Waals surface area (Å²) < 4.78 is 9.83. The molecule has 0 unspecified atom stereocenters. The molecule has 1 aromatic heterocycles. The van der Waals surface area contributed by atoms with Gasteiger partial charge in [-0.2, -0.15) is 0 Å². The average molecular weight is 203 g/mol. The van der Waals surface area contributed by atoms with Gasteiger partial charge >= 0.3 is 5.97 Å². The number of furan rings is 1. The van der Waals surface area contributed by atoms with Gasteiger partial charge in [0.05, 0.1) is 12.5 Å². The quantitative estimate of drug-likeness (QED) is 0.547. The van der Waals surface area contributed by atoms with Gasteiger partial charge in [0.25, 0.3) is 0 Å². The van der Waals surface area contributed by atoms with Crippen molar-refractivity contribution in [3.63, 3.8) is 0 Å². The molecule has 1 rings (SSSR count). The molecule has 0 aromatic carbocycles. The van der Waals surface area contributed by atoms with E-state index in [0.29, 0.717) is 17.1 Å². The third-order valence-electron chi connectivity index (χ3n) is 1.73. The summed E-state index contributed by atoms with van der Waals surface area (Å²) in [5.41, 5.74) is 0.435. The van der Waals surface area contributed by atoms with Gasteiger partial charge in [-0.05, 0) is 19.9 Å². The number of hydrogen-bond acceptors (Lipinski definition) is 3. The Kier molecular flexibility index (Phi) is 2.98. The van der Waals surface area contributed by atoms with Crippen molar-refractivity contribution < 1.29 is 13.9 Å². The number of aryl methyl sites for hydroxylation is 1. The Hall–Kier alpha value is -0.960. The minimum Gasteiger partial charge on any atom is -0.465 e. The van der Waals surface area contributed by atoms with Crippen molar-refractivity contribution in [2.75, 3.05) is 7.11 Å². The van der Waals surface area contributed by atoms with Crippen LogP contribution in [0.4, 0.5) is 0 Å². The molecule has 0 N–H and O–H groups in total. The van der Waals surface area contributed by atoms with E-state index in [1.54, 1.807) is 19.9 Å². The molecule has 0 aliphatic heterocycles. The fourth-order valence-electron chi connectivity index (χ4n) is 1.01. The van der Waals surface area contributed by atoms with Crippen molar-refractivity contribution in [2.45, 2.75) is 19.2 Å². The predicted molar refractivity (Wildman–Crippen MR) is 49.1 cm³/mol. The van der Waals surface area contributed by atoms with Crippen LogP contribution in [0.1, 0.15) is 34.2 Å². The van der Waals surface area contributed by atoms with Gasteiger partial charge in [0.1, 0.15) is 17.1 Å². The molecule has 3 nitrogen and oxygen atoms in total. The summed E-state index contributed by atoms with van der Waals surface area (Å²) >= 11 is 5.79. The molecule has 0 bridgehead atoms. The Bertz CT molecular complexity index is 315. The summed E-state index contributed by atoms with van der Waals surface area (Å²) in [6.45, 7) is 3.48. The van der Waals surface area contributed by atoms with Crippen LogP contribution in [0, 0.1) is 6.92 Å². The molecule has 0 amide bonds. The van der Waals surface area contributed by atoms with E-state index >= 15 is 0 Å². The third kappa shape index (κ3) is 2.04. The van der Waals surface area contributed by atoms with Gasteiger partial charge in [0, 0.05) is 0 Å². The first-order chi connectivity index (χ1) is 6.06. The monoisotopic (exact) mass is 202 g/mol. The lowest BCUT2D eigenvalue weighted by molar-refractivity contribution is 0.0599. The van der Waals surface area contributed by atoms with Crippen molar-refractivity contribution in [3.8, 4) is 0 Å². The maximum Gasteiger partial charge on any atom is 0.341 e. The zero-order valence-electron chi connectivity index (χ0n) is 7.76. The summed E-state index contributed by atoms with van der Waals surface area (Å²) in [5, 5.41) is -0.239. The molecule has 0 saturated carbocycles. The van der Waals surface area contributed by atoms with Gasteiger partial charge in [0.15, 0.2) is 0 Å². The van der Waals surface area contributed by atoms with Crippen LogP contribution in [-0.4, -0.2) is 13.1 Å². The summed E-state index contributed by atoms with van der Waals surface area (Å²) in [4.78, 5) is 11.1. The molecule has 0 fully saturated rings. The zero-order chi connectivity index (χ0) is 10.0. The number of carbonyl (C=O) groups excluding carboxylic acids is 1. The van der Waals surface area contributed by atoms with Gasteiger partial charge in [-0.1, -0.05) is 0 Å². The van der Waals surface area contributed by atoms with E-state index in [4.69, 9.17) is 16.0 Å². The zero-order valence-corrected chi connectivity index (χ0v) is 8.51. The molecule has 1 aromatic rings. The van der Waals surface area contributed by atoms with E-state index in [0.717, 1.165) is 0 Å². The second kappa shape index (κ2) is 3.83. The number of esters is 1. The molecular formula is C9H11ClO3. The number of methoxy groups -OCH3 is 1. The van der Waals surface area contributed by atoms with E-state index in [9.17, 15) is 4.79 Å². The summed E-state index contributed by atoms with van der Waals surface area (Å²) in [7, 11) is 1.33. The second-order valence-corrected chi connectivity index (χ2v) is 3.38. The van der Waals surface area contributed by atoms with Gasteiger partial charge in [-0.15, -0.1) is 11.6 Å². The standard InChI is InChI=1S/C9H11ClO3/c1-5(10)8-4-7(6(2)13-8)9(11)12-3/h4-5H,1-3H3/t5-/m0/s1. The average Bonchev–Trinajstić information content (AvgIpc) is 2.46. The third-order valence-corrected chi connectivity index (χ3v) is 1.95. The molecular weight excluding hydrogens is 192 g/mol. The summed E-state index contributed by atoms with van der Waals surface area (Å²) in [5.74, 6) is 0.721. The molecule has 1 heterocycles. The Balaban J connectivity index is 3.03. The van der Waals surface area contributed by atoms with Crippen molar-refractivity contribution in [2.24, 2.45) is 0 Å². The van der Waals surface area contributed by atoms with Crippen LogP contribution in [0.2, 0.25) is 0 Å². The highest BCUT2D eigenvalue weighted by Gasteiger charge is 2.17. The van der Waals surface area contributed by atoms with E-state index in [1.165, 1.54) is 7.11 Å². The minimum absolute atomic E-state index is 0.239.